The third kappa shape index (κ3) is 4.27. The van der Waals surface area contributed by atoms with E-state index >= 15 is 0 Å². The van der Waals surface area contributed by atoms with Gasteiger partial charge in [-0.15, -0.1) is 0 Å². The Morgan fingerprint density at radius 3 is 2.69 bits per heavy atom. The van der Waals surface area contributed by atoms with Crippen LogP contribution in [0.5, 0.6) is 11.5 Å². The van der Waals surface area contributed by atoms with Gasteiger partial charge < -0.3 is 9.47 Å². The number of ether oxygens (including phenoxy) is 2. The average molecular weight is 476 g/mol. The van der Waals surface area contributed by atoms with Crippen LogP contribution < -0.4 is 13.8 Å². The van der Waals surface area contributed by atoms with E-state index in [9.17, 15) is 12.8 Å². The highest BCUT2D eigenvalue weighted by molar-refractivity contribution is 7.92. The van der Waals surface area contributed by atoms with Crippen molar-refractivity contribution in [1.82, 2.24) is 0 Å². The quantitative estimate of drug-likeness (QED) is 0.471. The first-order chi connectivity index (χ1) is 15.3. The zero-order chi connectivity index (χ0) is 22.9. The Hall–Kier alpha value is -2.77. The Morgan fingerprint density at radius 1 is 1.12 bits per heavy atom. The van der Waals surface area contributed by atoms with E-state index < -0.39 is 15.8 Å². The first-order valence-corrected chi connectivity index (χ1v) is 12.0. The first kappa shape index (κ1) is 22.4. The van der Waals surface area contributed by atoms with Crippen molar-refractivity contribution in [1.29, 1.82) is 0 Å². The summed E-state index contributed by atoms with van der Waals surface area (Å²) in [7, 11) is -2.29. The Morgan fingerprint density at radius 2 is 1.94 bits per heavy atom. The molecule has 0 saturated carbocycles. The summed E-state index contributed by atoms with van der Waals surface area (Å²) < 4.78 is 53.5. The van der Waals surface area contributed by atoms with E-state index in [1.807, 2.05) is 13.0 Å². The number of benzene rings is 3. The van der Waals surface area contributed by atoms with Gasteiger partial charge in [-0.2, -0.15) is 0 Å². The molecule has 0 aliphatic carbocycles. The van der Waals surface area contributed by atoms with Crippen molar-refractivity contribution >= 4 is 27.3 Å². The third-order valence-corrected chi connectivity index (χ3v) is 7.71. The first-order valence-electron chi connectivity index (χ1n) is 10.2. The minimum atomic E-state index is -3.81. The molecule has 1 heterocycles. The lowest BCUT2D eigenvalue weighted by Crippen LogP contribution is -2.35. The molecular formula is C24H23ClFNO4S. The fraction of sp³-hybridized carbons (Fsp3) is 0.250. The highest BCUT2D eigenvalue weighted by Gasteiger charge is 2.30. The van der Waals surface area contributed by atoms with Gasteiger partial charge in [0, 0.05) is 24.2 Å². The van der Waals surface area contributed by atoms with E-state index in [2.05, 4.69) is 0 Å². The fourth-order valence-corrected chi connectivity index (χ4v) is 5.54. The smallest absolute Gasteiger partial charge is 0.264 e. The zero-order valence-corrected chi connectivity index (χ0v) is 19.3. The molecule has 4 rings (SSSR count). The summed E-state index contributed by atoms with van der Waals surface area (Å²) in [6, 6.07) is 14.6. The molecule has 5 nitrogen and oxygen atoms in total. The van der Waals surface area contributed by atoms with Gasteiger partial charge in [-0.1, -0.05) is 29.8 Å². The van der Waals surface area contributed by atoms with Gasteiger partial charge in [-0.05, 0) is 55.2 Å². The zero-order valence-electron chi connectivity index (χ0n) is 17.8. The lowest BCUT2D eigenvalue weighted by atomic mass is 10.0. The van der Waals surface area contributed by atoms with E-state index in [1.54, 1.807) is 36.4 Å². The minimum Gasteiger partial charge on any atom is -0.496 e. The Kier molecular flexibility index (Phi) is 6.31. The second-order valence-corrected chi connectivity index (χ2v) is 9.86. The summed E-state index contributed by atoms with van der Waals surface area (Å²) in [6.45, 7) is 2.15. The number of anilines is 1. The molecule has 32 heavy (non-hydrogen) atoms. The average Bonchev–Trinajstić information content (AvgIpc) is 2.78. The van der Waals surface area contributed by atoms with Crippen molar-refractivity contribution in [2.75, 3.05) is 18.0 Å². The van der Waals surface area contributed by atoms with Crippen molar-refractivity contribution in [2.45, 2.75) is 31.3 Å². The second-order valence-electron chi connectivity index (χ2n) is 7.59. The van der Waals surface area contributed by atoms with Crippen molar-refractivity contribution in [3.63, 3.8) is 0 Å². The fourth-order valence-electron chi connectivity index (χ4n) is 3.77. The summed E-state index contributed by atoms with van der Waals surface area (Å²) in [6.07, 6.45) is 1.47. The molecule has 0 spiro atoms. The normalized spacial score (nSPS) is 13.6. The predicted octanol–water partition coefficient (Wildman–Crippen LogP) is 5.52. The molecule has 1 aliphatic rings. The standard InChI is InChI=1S/C24H23ClFNO4S/c1-16-8-11-19(14-24(16)30-2)32(28,29)27-12-4-5-17-9-10-18(13-23(17)27)31-15-20-21(25)6-3-7-22(20)26/h3,6-11,13-14H,4-5,12,15H2,1-2H3. The molecule has 0 amide bonds. The van der Waals surface area contributed by atoms with E-state index in [4.69, 9.17) is 21.1 Å². The van der Waals surface area contributed by atoms with E-state index in [0.717, 1.165) is 17.5 Å². The molecule has 0 aromatic heterocycles. The van der Waals surface area contributed by atoms with Crippen molar-refractivity contribution < 1.29 is 22.3 Å². The topological polar surface area (TPSA) is 55.8 Å². The number of methoxy groups -OCH3 is 1. The summed E-state index contributed by atoms with van der Waals surface area (Å²) >= 11 is 6.08. The molecule has 0 radical (unpaired) electrons. The number of fused-ring (bicyclic) bond motifs is 1. The lowest BCUT2D eigenvalue weighted by molar-refractivity contribution is 0.300. The van der Waals surface area contributed by atoms with Gasteiger partial charge in [0.1, 0.15) is 23.9 Å². The maximum atomic E-state index is 14.1. The SMILES string of the molecule is COc1cc(S(=O)(=O)N2CCCc3ccc(OCc4c(F)cccc4Cl)cc32)ccc1C. The summed E-state index contributed by atoms with van der Waals surface area (Å²) in [5, 5.41) is 0.278. The number of hydrogen-bond donors (Lipinski definition) is 0. The number of aryl methyl sites for hydroxylation is 2. The van der Waals surface area contributed by atoms with Crippen LogP contribution in [-0.2, 0) is 23.1 Å². The largest absolute Gasteiger partial charge is 0.496 e. The third-order valence-electron chi connectivity index (χ3n) is 5.55. The lowest BCUT2D eigenvalue weighted by Gasteiger charge is -2.31. The highest BCUT2D eigenvalue weighted by atomic mass is 35.5. The number of sulfonamides is 1. The summed E-state index contributed by atoms with van der Waals surface area (Å²) in [4.78, 5) is 0.164. The van der Waals surface area contributed by atoms with Gasteiger partial charge in [0.05, 0.1) is 22.7 Å². The van der Waals surface area contributed by atoms with Gasteiger partial charge in [-0.3, -0.25) is 4.31 Å². The van der Waals surface area contributed by atoms with Gasteiger partial charge in [-0.25, -0.2) is 12.8 Å². The van der Waals surface area contributed by atoms with Crippen LogP contribution >= 0.6 is 11.6 Å². The van der Waals surface area contributed by atoms with Crippen LogP contribution in [0.1, 0.15) is 23.1 Å². The molecule has 0 bridgehead atoms. The number of rotatable bonds is 6. The molecular weight excluding hydrogens is 453 g/mol. The number of hydrogen-bond acceptors (Lipinski definition) is 4. The van der Waals surface area contributed by atoms with Crippen LogP contribution in [0, 0.1) is 12.7 Å². The van der Waals surface area contributed by atoms with Gasteiger partial charge in [0.25, 0.3) is 10.0 Å². The van der Waals surface area contributed by atoms with Crippen LogP contribution in [0.2, 0.25) is 5.02 Å². The van der Waals surface area contributed by atoms with Crippen LogP contribution in [0.25, 0.3) is 0 Å². The molecule has 0 fully saturated rings. The molecule has 168 valence electrons. The van der Waals surface area contributed by atoms with Crippen LogP contribution in [0.4, 0.5) is 10.1 Å². The molecule has 0 saturated heterocycles. The molecule has 0 atom stereocenters. The minimum absolute atomic E-state index is 0.0633. The van der Waals surface area contributed by atoms with Crippen LogP contribution in [0.15, 0.2) is 59.5 Å². The van der Waals surface area contributed by atoms with Crippen LogP contribution in [-0.4, -0.2) is 22.1 Å². The van der Waals surface area contributed by atoms with Gasteiger partial charge in [0.15, 0.2) is 0 Å². The van der Waals surface area contributed by atoms with E-state index in [1.165, 1.54) is 23.5 Å². The molecule has 3 aromatic rings. The van der Waals surface area contributed by atoms with Crippen LogP contribution in [0.3, 0.4) is 0 Å². The molecule has 1 aliphatic heterocycles. The highest BCUT2D eigenvalue weighted by Crippen LogP contribution is 2.36. The van der Waals surface area contributed by atoms with Crippen molar-refractivity contribution in [3.8, 4) is 11.5 Å². The van der Waals surface area contributed by atoms with Gasteiger partial charge in [0.2, 0.25) is 0 Å². The van der Waals surface area contributed by atoms with Crippen molar-refractivity contribution in [2.24, 2.45) is 0 Å². The molecule has 8 heteroatoms. The van der Waals surface area contributed by atoms with E-state index in [-0.39, 0.29) is 22.1 Å². The maximum absolute atomic E-state index is 14.1. The number of halogens is 2. The second kappa shape index (κ2) is 9.00. The maximum Gasteiger partial charge on any atom is 0.264 e. The Balaban J connectivity index is 1.65. The molecule has 3 aromatic carbocycles. The summed E-state index contributed by atoms with van der Waals surface area (Å²) in [5.74, 6) is 0.502. The van der Waals surface area contributed by atoms with E-state index in [0.29, 0.717) is 30.2 Å². The molecule has 0 N–H and O–H groups in total. The Labute approximate surface area is 192 Å². The number of nitrogens with zero attached hydrogens (tertiary/aromatic N) is 1. The van der Waals surface area contributed by atoms with Crippen molar-refractivity contribution in [3.05, 3.63) is 82.1 Å². The predicted molar refractivity (Wildman–Crippen MR) is 123 cm³/mol. The Bertz CT molecular complexity index is 1240. The molecule has 0 unspecified atom stereocenters. The van der Waals surface area contributed by atoms with Gasteiger partial charge >= 0.3 is 0 Å². The summed E-state index contributed by atoms with van der Waals surface area (Å²) in [5.41, 5.74) is 2.58. The monoisotopic (exact) mass is 475 g/mol.